The molecule has 0 N–H and O–H groups in total. The molecular weight excluding hydrogens is 396 g/mol. The first-order valence-corrected chi connectivity index (χ1v) is 11.7. The molecular formula is C33H24. The van der Waals surface area contributed by atoms with E-state index in [-0.39, 0.29) is 5.41 Å². The fraction of sp³-hybridized carbons (Fsp3) is 0.0909. The first kappa shape index (κ1) is 18.7. The van der Waals surface area contributed by atoms with Gasteiger partial charge in [0.25, 0.3) is 0 Å². The van der Waals surface area contributed by atoms with E-state index in [9.17, 15) is 0 Å². The molecule has 0 heteroatoms. The van der Waals surface area contributed by atoms with Crippen LogP contribution >= 0.6 is 0 Å². The molecule has 1 atom stereocenters. The third kappa shape index (κ3) is 2.36. The van der Waals surface area contributed by atoms with Gasteiger partial charge in [-0.05, 0) is 75.5 Å². The predicted molar refractivity (Wildman–Crippen MR) is 138 cm³/mol. The standard InChI is InChI=1S/C33H24/c1-21-11-14-23(15-12-21)24-16-18-31-28(20-24)26-8-4-6-10-30(26)33(31)29-9-5-3-7-25(29)27-17-13-22(2)19-32(27)33/h3-20H,1-2H3. The monoisotopic (exact) mass is 420 g/mol. The largest absolute Gasteiger partial charge is 0.0725 e. The van der Waals surface area contributed by atoms with E-state index in [1.165, 1.54) is 66.8 Å². The Hall–Kier alpha value is -3.90. The number of fused-ring (bicyclic) bond motifs is 10. The van der Waals surface area contributed by atoms with Gasteiger partial charge in [-0.25, -0.2) is 0 Å². The third-order valence-electron chi connectivity index (χ3n) is 7.63. The molecule has 33 heavy (non-hydrogen) atoms. The van der Waals surface area contributed by atoms with Crippen LogP contribution in [0.4, 0.5) is 0 Å². The fourth-order valence-corrected chi connectivity index (χ4v) is 6.18. The lowest BCUT2D eigenvalue weighted by Crippen LogP contribution is -2.25. The van der Waals surface area contributed by atoms with Crippen LogP contribution in [0.2, 0.25) is 0 Å². The molecule has 2 aliphatic carbocycles. The Bertz CT molecular complexity index is 1570. The van der Waals surface area contributed by atoms with Gasteiger partial charge in [-0.15, -0.1) is 0 Å². The maximum absolute atomic E-state index is 2.41. The molecule has 1 spiro atoms. The molecule has 0 aliphatic heterocycles. The van der Waals surface area contributed by atoms with Crippen LogP contribution in [0.3, 0.4) is 0 Å². The van der Waals surface area contributed by atoms with Crippen molar-refractivity contribution >= 4 is 0 Å². The zero-order valence-corrected chi connectivity index (χ0v) is 18.9. The zero-order valence-electron chi connectivity index (χ0n) is 18.9. The second-order valence-electron chi connectivity index (χ2n) is 9.52. The summed E-state index contributed by atoms with van der Waals surface area (Å²) in [5, 5.41) is 0. The van der Waals surface area contributed by atoms with Gasteiger partial charge in [0.05, 0.1) is 5.41 Å². The van der Waals surface area contributed by atoms with Gasteiger partial charge in [-0.1, -0.05) is 114 Å². The lowest BCUT2D eigenvalue weighted by atomic mass is 9.70. The lowest BCUT2D eigenvalue weighted by molar-refractivity contribution is 0.793. The Morgan fingerprint density at radius 2 is 0.939 bits per heavy atom. The molecule has 2 aliphatic rings. The minimum absolute atomic E-state index is 0.254. The van der Waals surface area contributed by atoms with Crippen molar-refractivity contribution in [3.05, 3.63) is 143 Å². The Balaban J connectivity index is 1.59. The Morgan fingerprint density at radius 1 is 0.394 bits per heavy atom. The van der Waals surface area contributed by atoms with E-state index < -0.39 is 0 Å². The van der Waals surface area contributed by atoms with Crippen molar-refractivity contribution in [2.75, 3.05) is 0 Å². The van der Waals surface area contributed by atoms with Crippen LogP contribution in [0.25, 0.3) is 33.4 Å². The number of aryl methyl sites for hydroxylation is 2. The number of rotatable bonds is 1. The highest BCUT2D eigenvalue weighted by molar-refractivity contribution is 5.96. The van der Waals surface area contributed by atoms with Gasteiger partial charge in [0.2, 0.25) is 0 Å². The fourth-order valence-electron chi connectivity index (χ4n) is 6.18. The van der Waals surface area contributed by atoms with E-state index >= 15 is 0 Å². The molecule has 5 aromatic rings. The van der Waals surface area contributed by atoms with Crippen LogP contribution in [0.1, 0.15) is 33.4 Å². The highest BCUT2D eigenvalue weighted by atomic mass is 14.5. The van der Waals surface area contributed by atoms with E-state index in [0.29, 0.717) is 0 Å². The van der Waals surface area contributed by atoms with Crippen molar-refractivity contribution in [2.45, 2.75) is 19.3 Å². The van der Waals surface area contributed by atoms with Crippen LogP contribution in [0, 0.1) is 13.8 Å². The summed E-state index contributed by atoms with van der Waals surface area (Å²) in [7, 11) is 0. The van der Waals surface area contributed by atoms with Crippen LogP contribution in [0.15, 0.2) is 109 Å². The SMILES string of the molecule is Cc1ccc(-c2ccc3c(c2)-c2ccccc2C32c3ccccc3-c3ccc(C)cc32)cc1. The van der Waals surface area contributed by atoms with Gasteiger partial charge >= 0.3 is 0 Å². The normalized spacial score (nSPS) is 16.9. The summed E-state index contributed by atoms with van der Waals surface area (Å²) in [4.78, 5) is 0. The molecule has 0 fully saturated rings. The average molecular weight is 421 g/mol. The van der Waals surface area contributed by atoms with E-state index in [2.05, 4.69) is 123 Å². The maximum atomic E-state index is 2.41. The Kier molecular flexibility index (Phi) is 3.71. The quantitative estimate of drug-likeness (QED) is 0.250. The summed E-state index contributed by atoms with van der Waals surface area (Å²) < 4.78 is 0. The van der Waals surface area contributed by atoms with Crippen LogP contribution in [-0.2, 0) is 5.41 Å². The predicted octanol–water partition coefficient (Wildman–Crippen LogP) is 8.31. The molecule has 5 aromatic carbocycles. The van der Waals surface area contributed by atoms with Gasteiger partial charge in [0.1, 0.15) is 0 Å². The van der Waals surface area contributed by atoms with Gasteiger partial charge in [-0.2, -0.15) is 0 Å². The van der Waals surface area contributed by atoms with E-state index in [1.807, 2.05) is 0 Å². The zero-order chi connectivity index (χ0) is 22.2. The topological polar surface area (TPSA) is 0 Å². The second-order valence-corrected chi connectivity index (χ2v) is 9.52. The van der Waals surface area contributed by atoms with Crippen molar-refractivity contribution in [1.29, 1.82) is 0 Å². The summed E-state index contributed by atoms with van der Waals surface area (Å²) in [6, 6.07) is 41.0. The van der Waals surface area contributed by atoms with E-state index in [1.54, 1.807) is 0 Å². The lowest BCUT2D eigenvalue weighted by Gasteiger charge is -2.30. The number of hydrogen-bond acceptors (Lipinski definition) is 0. The molecule has 0 saturated carbocycles. The molecule has 0 aromatic heterocycles. The average Bonchev–Trinajstić information content (AvgIpc) is 3.31. The van der Waals surface area contributed by atoms with Crippen LogP contribution in [0.5, 0.6) is 0 Å². The summed E-state index contributed by atoms with van der Waals surface area (Å²) in [5.41, 5.74) is 15.9. The summed E-state index contributed by atoms with van der Waals surface area (Å²) >= 11 is 0. The van der Waals surface area contributed by atoms with Crippen molar-refractivity contribution in [3.8, 4) is 33.4 Å². The second kappa shape index (κ2) is 6.56. The summed E-state index contributed by atoms with van der Waals surface area (Å²) in [5.74, 6) is 0. The Labute approximate surface area is 195 Å². The third-order valence-corrected chi connectivity index (χ3v) is 7.63. The van der Waals surface area contributed by atoms with Gasteiger partial charge in [0.15, 0.2) is 0 Å². The molecule has 0 radical (unpaired) electrons. The van der Waals surface area contributed by atoms with Crippen molar-refractivity contribution in [2.24, 2.45) is 0 Å². The summed E-state index contributed by atoms with van der Waals surface area (Å²) in [6.45, 7) is 4.35. The van der Waals surface area contributed by atoms with Crippen molar-refractivity contribution < 1.29 is 0 Å². The minimum Gasteiger partial charge on any atom is -0.0619 e. The van der Waals surface area contributed by atoms with Gasteiger partial charge < -0.3 is 0 Å². The molecule has 0 nitrogen and oxygen atoms in total. The number of benzene rings is 5. The summed E-state index contributed by atoms with van der Waals surface area (Å²) in [6.07, 6.45) is 0. The highest BCUT2D eigenvalue weighted by Crippen LogP contribution is 2.63. The smallest absolute Gasteiger partial charge is 0.0619 e. The van der Waals surface area contributed by atoms with Gasteiger partial charge in [-0.3, -0.25) is 0 Å². The first-order chi connectivity index (χ1) is 16.2. The van der Waals surface area contributed by atoms with E-state index in [0.717, 1.165) is 0 Å². The van der Waals surface area contributed by atoms with E-state index in [4.69, 9.17) is 0 Å². The molecule has 0 bridgehead atoms. The minimum atomic E-state index is -0.254. The van der Waals surface area contributed by atoms with Crippen molar-refractivity contribution in [3.63, 3.8) is 0 Å². The maximum Gasteiger partial charge on any atom is 0.0725 e. The molecule has 1 unspecified atom stereocenters. The van der Waals surface area contributed by atoms with Gasteiger partial charge in [0, 0.05) is 0 Å². The molecule has 156 valence electrons. The van der Waals surface area contributed by atoms with Crippen molar-refractivity contribution in [1.82, 2.24) is 0 Å². The van der Waals surface area contributed by atoms with Crippen LogP contribution < -0.4 is 0 Å². The molecule has 7 rings (SSSR count). The Morgan fingerprint density at radius 3 is 1.67 bits per heavy atom. The van der Waals surface area contributed by atoms with Crippen LogP contribution in [-0.4, -0.2) is 0 Å². The highest BCUT2D eigenvalue weighted by Gasteiger charge is 2.51. The number of hydrogen-bond donors (Lipinski definition) is 0. The first-order valence-electron chi connectivity index (χ1n) is 11.7. The molecule has 0 amide bonds. The molecule has 0 heterocycles. The molecule has 0 saturated heterocycles.